The highest BCUT2D eigenvalue weighted by molar-refractivity contribution is 7.89. The number of benzene rings is 2. The zero-order valence-electron chi connectivity index (χ0n) is 19.3. The van der Waals surface area contributed by atoms with Crippen LogP contribution < -0.4 is 5.32 Å². The van der Waals surface area contributed by atoms with Crippen LogP contribution in [0.15, 0.2) is 52.7 Å². The van der Waals surface area contributed by atoms with Crippen molar-refractivity contribution in [2.45, 2.75) is 39.0 Å². The van der Waals surface area contributed by atoms with Gasteiger partial charge >= 0.3 is 0 Å². The Balaban J connectivity index is 1.47. The maximum atomic E-state index is 13.1. The Bertz CT molecular complexity index is 1260. The van der Waals surface area contributed by atoms with Gasteiger partial charge in [-0.25, -0.2) is 13.4 Å². The van der Waals surface area contributed by atoms with E-state index in [1.54, 1.807) is 16.4 Å². The molecule has 3 aromatic rings. The third-order valence-corrected chi connectivity index (χ3v) is 8.59. The van der Waals surface area contributed by atoms with Crippen LogP contribution in [-0.4, -0.2) is 36.7 Å². The molecule has 4 rings (SSSR count). The number of nitrogens with one attached hydrogen (secondary N) is 1. The van der Waals surface area contributed by atoms with Gasteiger partial charge < -0.3 is 0 Å². The molecule has 0 aliphatic carbocycles. The number of thiazole rings is 1. The standard InChI is InChI=1S/C25H29N3O3S2/c1-16-5-6-19(4)22(12-16)23-15-32-25(26-23)27-24(29)20-7-9-21(10-8-20)33(30,31)28-13-17(2)11-18(3)14-28/h5-10,12,15,17-18H,11,13-14H2,1-4H3,(H,26,27,29)/t17-,18-/m0/s1. The quantitative estimate of drug-likeness (QED) is 0.531. The molecule has 1 amide bonds. The van der Waals surface area contributed by atoms with E-state index < -0.39 is 10.0 Å². The normalized spacial score (nSPS) is 19.4. The van der Waals surface area contributed by atoms with Gasteiger partial charge in [0.15, 0.2) is 5.13 Å². The van der Waals surface area contributed by atoms with Gasteiger partial charge in [0.25, 0.3) is 5.91 Å². The maximum absolute atomic E-state index is 13.1. The molecule has 2 atom stereocenters. The minimum absolute atomic E-state index is 0.215. The summed E-state index contributed by atoms with van der Waals surface area (Å²) in [5, 5.41) is 5.25. The Hall–Kier alpha value is -2.55. The van der Waals surface area contributed by atoms with Crippen LogP contribution in [0.4, 0.5) is 5.13 Å². The van der Waals surface area contributed by atoms with Crippen molar-refractivity contribution in [3.8, 4) is 11.3 Å². The van der Waals surface area contributed by atoms with E-state index in [0.717, 1.165) is 28.8 Å². The molecule has 0 spiro atoms. The summed E-state index contributed by atoms with van der Waals surface area (Å²) in [4.78, 5) is 17.5. The lowest BCUT2D eigenvalue weighted by molar-refractivity contribution is 0.102. The number of carbonyl (C=O) groups excluding carboxylic acids is 1. The number of aryl methyl sites for hydroxylation is 2. The topological polar surface area (TPSA) is 79.4 Å². The van der Waals surface area contributed by atoms with Crippen molar-refractivity contribution in [2.75, 3.05) is 18.4 Å². The summed E-state index contributed by atoms with van der Waals surface area (Å²) in [6.45, 7) is 9.29. The third kappa shape index (κ3) is 5.18. The molecule has 0 saturated carbocycles. The average Bonchev–Trinajstić information content (AvgIpc) is 3.23. The van der Waals surface area contributed by atoms with Crippen LogP contribution in [-0.2, 0) is 10.0 Å². The lowest BCUT2D eigenvalue weighted by atomic mass is 9.94. The van der Waals surface area contributed by atoms with Crippen molar-refractivity contribution in [1.82, 2.24) is 9.29 Å². The fourth-order valence-corrected chi connectivity index (χ4v) is 6.75. The van der Waals surface area contributed by atoms with E-state index in [1.807, 2.05) is 19.2 Å². The number of piperidine rings is 1. The molecule has 0 bridgehead atoms. The summed E-state index contributed by atoms with van der Waals surface area (Å²) >= 11 is 1.36. The van der Waals surface area contributed by atoms with Crippen LogP contribution in [0.3, 0.4) is 0 Å². The molecule has 1 fully saturated rings. The van der Waals surface area contributed by atoms with Crippen LogP contribution >= 0.6 is 11.3 Å². The summed E-state index contributed by atoms with van der Waals surface area (Å²) in [5.41, 5.74) is 4.53. The monoisotopic (exact) mass is 483 g/mol. The summed E-state index contributed by atoms with van der Waals surface area (Å²) in [7, 11) is -3.57. The molecule has 33 heavy (non-hydrogen) atoms. The fourth-order valence-electron chi connectivity index (χ4n) is 4.37. The molecule has 0 radical (unpaired) electrons. The highest BCUT2D eigenvalue weighted by Gasteiger charge is 2.31. The van der Waals surface area contributed by atoms with E-state index >= 15 is 0 Å². The fraction of sp³-hybridized carbons (Fsp3) is 0.360. The number of sulfonamides is 1. The molecular formula is C25H29N3O3S2. The molecule has 1 saturated heterocycles. The minimum Gasteiger partial charge on any atom is -0.298 e. The summed E-state index contributed by atoms with van der Waals surface area (Å²) in [6, 6.07) is 12.3. The number of anilines is 1. The molecule has 174 valence electrons. The van der Waals surface area contributed by atoms with Gasteiger partial charge in [-0.2, -0.15) is 4.31 Å². The number of amides is 1. The van der Waals surface area contributed by atoms with Crippen LogP contribution in [0.25, 0.3) is 11.3 Å². The molecule has 6 nitrogen and oxygen atoms in total. The van der Waals surface area contributed by atoms with Gasteiger partial charge in [0, 0.05) is 29.6 Å². The van der Waals surface area contributed by atoms with Crippen molar-refractivity contribution in [3.63, 3.8) is 0 Å². The maximum Gasteiger partial charge on any atom is 0.257 e. The molecule has 1 aliphatic heterocycles. The van der Waals surface area contributed by atoms with Gasteiger partial charge in [0.05, 0.1) is 10.6 Å². The Morgan fingerprint density at radius 3 is 2.39 bits per heavy atom. The zero-order chi connectivity index (χ0) is 23.8. The first kappa shape index (κ1) is 23.6. The zero-order valence-corrected chi connectivity index (χ0v) is 21.0. The van der Waals surface area contributed by atoms with Gasteiger partial charge in [0.1, 0.15) is 0 Å². The number of nitrogens with zero attached hydrogens (tertiary/aromatic N) is 2. The van der Waals surface area contributed by atoms with E-state index in [4.69, 9.17) is 0 Å². The highest BCUT2D eigenvalue weighted by atomic mass is 32.2. The van der Waals surface area contributed by atoms with E-state index in [0.29, 0.717) is 35.6 Å². The molecule has 2 heterocycles. The Labute approximate surface area is 199 Å². The number of carbonyl (C=O) groups is 1. The number of hydrogen-bond acceptors (Lipinski definition) is 5. The van der Waals surface area contributed by atoms with E-state index in [2.05, 4.69) is 42.3 Å². The first-order valence-corrected chi connectivity index (χ1v) is 13.4. The second-order valence-corrected chi connectivity index (χ2v) is 11.9. The van der Waals surface area contributed by atoms with Crippen LogP contribution in [0.5, 0.6) is 0 Å². The van der Waals surface area contributed by atoms with Gasteiger partial charge in [-0.15, -0.1) is 11.3 Å². The molecular weight excluding hydrogens is 454 g/mol. The first-order chi connectivity index (χ1) is 15.6. The number of aromatic nitrogens is 1. The molecule has 1 aliphatic rings. The predicted octanol–water partition coefficient (Wildman–Crippen LogP) is 5.35. The molecule has 2 aromatic carbocycles. The second-order valence-electron chi connectivity index (χ2n) is 9.10. The van der Waals surface area contributed by atoms with Gasteiger partial charge in [-0.3, -0.25) is 10.1 Å². The third-order valence-electron chi connectivity index (χ3n) is 5.98. The lowest BCUT2D eigenvalue weighted by Gasteiger charge is -2.34. The van der Waals surface area contributed by atoms with E-state index in [-0.39, 0.29) is 10.8 Å². The number of rotatable bonds is 5. The largest absolute Gasteiger partial charge is 0.298 e. The Kier molecular flexibility index (Phi) is 6.70. The Morgan fingerprint density at radius 2 is 1.73 bits per heavy atom. The van der Waals surface area contributed by atoms with Crippen molar-refractivity contribution in [2.24, 2.45) is 11.8 Å². The highest BCUT2D eigenvalue weighted by Crippen LogP contribution is 2.29. The van der Waals surface area contributed by atoms with Crippen molar-refractivity contribution >= 4 is 32.4 Å². The lowest BCUT2D eigenvalue weighted by Crippen LogP contribution is -2.42. The van der Waals surface area contributed by atoms with Gasteiger partial charge in [0.2, 0.25) is 10.0 Å². The average molecular weight is 484 g/mol. The second kappa shape index (κ2) is 9.37. The summed E-state index contributed by atoms with van der Waals surface area (Å²) < 4.78 is 27.7. The van der Waals surface area contributed by atoms with Crippen LogP contribution in [0.1, 0.15) is 41.8 Å². The van der Waals surface area contributed by atoms with E-state index in [9.17, 15) is 13.2 Å². The van der Waals surface area contributed by atoms with Gasteiger partial charge in [-0.05, 0) is 68.0 Å². The molecule has 1 aromatic heterocycles. The van der Waals surface area contributed by atoms with Crippen LogP contribution in [0, 0.1) is 25.7 Å². The van der Waals surface area contributed by atoms with E-state index in [1.165, 1.54) is 23.5 Å². The molecule has 1 N–H and O–H groups in total. The SMILES string of the molecule is Cc1ccc(C)c(-c2csc(NC(=O)c3ccc(S(=O)(=O)N4C[C@@H](C)C[C@H](C)C4)cc3)n2)c1. The minimum atomic E-state index is -3.57. The smallest absolute Gasteiger partial charge is 0.257 e. The number of hydrogen-bond donors (Lipinski definition) is 1. The van der Waals surface area contributed by atoms with Gasteiger partial charge in [-0.1, -0.05) is 31.5 Å². The summed E-state index contributed by atoms with van der Waals surface area (Å²) in [5.74, 6) is 0.349. The first-order valence-electron chi connectivity index (χ1n) is 11.1. The van der Waals surface area contributed by atoms with Crippen molar-refractivity contribution in [1.29, 1.82) is 0 Å². The molecule has 8 heteroatoms. The van der Waals surface area contributed by atoms with Crippen molar-refractivity contribution < 1.29 is 13.2 Å². The Morgan fingerprint density at radius 1 is 1.06 bits per heavy atom. The van der Waals surface area contributed by atoms with Crippen LogP contribution in [0.2, 0.25) is 0 Å². The predicted molar refractivity (Wildman–Crippen MR) is 133 cm³/mol. The summed E-state index contributed by atoms with van der Waals surface area (Å²) in [6.07, 6.45) is 1.03. The molecule has 0 unspecified atom stereocenters. The van der Waals surface area contributed by atoms with Crippen molar-refractivity contribution in [3.05, 3.63) is 64.5 Å².